The van der Waals surface area contributed by atoms with Crippen molar-refractivity contribution in [1.29, 1.82) is 0 Å². The molecule has 3 aromatic carbocycles. The van der Waals surface area contributed by atoms with Gasteiger partial charge in [-0.15, -0.1) is 0 Å². The maximum atomic E-state index is 13.0. The summed E-state index contributed by atoms with van der Waals surface area (Å²) in [5.41, 5.74) is 2.35. The molecule has 0 radical (unpaired) electrons. The zero-order valence-electron chi connectivity index (χ0n) is 18.1. The molecule has 0 unspecified atom stereocenters. The first-order valence-corrected chi connectivity index (χ1v) is 10.3. The van der Waals surface area contributed by atoms with Gasteiger partial charge in [0, 0.05) is 0 Å². The third kappa shape index (κ3) is 4.86. The van der Waals surface area contributed by atoms with E-state index in [9.17, 15) is 24.3 Å². The Kier molecular flexibility index (Phi) is 6.22. The van der Waals surface area contributed by atoms with Crippen molar-refractivity contribution in [2.45, 2.75) is 13.5 Å². The molecule has 0 aliphatic carbocycles. The molecule has 4 rings (SSSR count). The number of imide groups is 2. The number of carboxylic acid groups (broad SMARTS) is 1. The number of amides is 4. The van der Waals surface area contributed by atoms with Crippen molar-refractivity contribution in [3.8, 4) is 5.75 Å². The van der Waals surface area contributed by atoms with Gasteiger partial charge in [-0.1, -0.05) is 42.5 Å². The van der Waals surface area contributed by atoms with E-state index in [0.29, 0.717) is 22.6 Å². The van der Waals surface area contributed by atoms with E-state index >= 15 is 0 Å². The molecule has 34 heavy (non-hydrogen) atoms. The fraction of sp³-hybridized carbons (Fsp3) is 0.0769. The summed E-state index contributed by atoms with van der Waals surface area (Å²) in [5, 5.41) is 13.2. The summed E-state index contributed by atoms with van der Waals surface area (Å²) in [6.45, 7) is 1.98. The number of carboxylic acids is 1. The molecule has 170 valence electrons. The van der Waals surface area contributed by atoms with Crippen molar-refractivity contribution < 1.29 is 29.0 Å². The minimum atomic E-state index is -1.26. The number of nitrogens with one attached hydrogen (secondary N) is 1. The van der Waals surface area contributed by atoms with E-state index in [4.69, 9.17) is 4.74 Å². The molecule has 1 N–H and O–H groups in total. The van der Waals surface area contributed by atoms with E-state index in [2.05, 4.69) is 5.32 Å². The van der Waals surface area contributed by atoms with Crippen molar-refractivity contribution in [3.05, 3.63) is 101 Å². The molecular formula is C26H19N2O6-. The maximum absolute atomic E-state index is 13.0. The minimum absolute atomic E-state index is 0.0664. The molecule has 3 aromatic rings. The number of ether oxygens (including phenoxy) is 1. The molecule has 0 atom stereocenters. The summed E-state index contributed by atoms with van der Waals surface area (Å²) >= 11 is 0. The Bertz CT molecular complexity index is 1330. The molecule has 1 fully saturated rings. The average molecular weight is 455 g/mol. The number of hydrogen-bond donors (Lipinski definition) is 1. The highest BCUT2D eigenvalue weighted by atomic mass is 16.5. The van der Waals surface area contributed by atoms with Gasteiger partial charge >= 0.3 is 6.03 Å². The number of carbonyl (C=O) groups is 4. The van der Waals surface area contributed by atoms with Crippen LogP contribution in [0.4, 0.5) is 10.5 Å². The molecular weight excluding hydrogens is 436 g/mol. The topological polar surface area (TPSA) is 116 Å². The fourth-order valence-corrected chi connectivity index (χ4v) is 3.44. The standard InChI is InChI=1S/C26H20N2O6/c1-16-4-2-7-20(12-16)28-24(30)22(23(29)27-26(28)33)14-17-8-10-21(11-9-17)34-15-18-5-3-6-19(13-18)25(31)32/h2-14H,15H2,1H3,(H,31,32)(H,27,29,33)/p-1/b22-14+. The van der Waals surface area contributed by atoms with Crippen LogP contribution in [0.2, 0.25) is 0 Å². The normalized spacial score (nSPS) is 14.8. The van der Waals surface area contributed by atoms with Crippen LogP contribution in [0.3, 0.4) is 0 Å². The lowest BCUT2D eigenvalue weighted by Crippen LogP contribution is -2.54. The Balaban J connectivity index is 1.50. The number of rotatable bonds is 6. The number of benzene rings is 3. The fourth-order valence-electron chi connectivity index (χ4n) is 3.44. The molecule has 1 saturated heterocycles. The van der Waals surface area contributed by atoms with E-state index in [1.165, 1.54) is 18.2 Å². The Labute approximate surface area is 195 Å². The molecule has 1 aliphatic heterocycles. The summed E-state index contributed by atoms with van der Waals surface area (Å²) < 4.78 is 5.68. The predicted molar refractivity (Wildman–Crippen MR) is 122 cm³/mol. The molecule has 1 aliphatic rings. The van der Waals surface area contributed by atoms with E-state index in [1.807, 2.05) is 13.0 Å². The van der Waals surface area contributed by atoms with Gasteiger partial charge in [0.15, 0.2) is 0 Å². The zero-order chi connectivity index (χ0) is 24.2. The number of nitrogens with zero attached hydrogens (tertiary/aromatic N) is 1. The highest BCUT2D eigenvalue weighted by molar-refractivity contribution is 6.39. The summed E-state index contributed by atoms with van der Waals surface area (Å²) in [4.78, 5) is 49.5. The van der Waals surface area contributed by atoms with Gasteiger partial charge in [0.25, 0.3) is 11.8 Å². The summed E-state index contributed by atoms with van der Waals surface area (Å²) in [6, 6.07) is 18.9. The molecule has 4 amide bonds. The molecule has 1 heterocycles. The number of aryl methyl sites for hydroxylation is 1. The minimum Gasteiger partial charge on any atom is -0.545 e. The van der Waals surface area contributed by atoms with Crippen LogP contribution >= 0.6 is 0 Å². The number of hydrogen-bond acceptors (Lipinski definition) is 6. The number of urea groups is 1. The number of anilines is 1. The van der Waals surface area contributed by atoms with E-state index < -0.39 is 23.8 Å². The Morgan fingerprint density at radius 3 is 2.44 bits per heavy atom. The van der Waals surface area contributed by atoms with Gasteiger partial charge in [0.2, 0.25) is 0 Å². The van der Waals surface area contributed by atoms with Gasteiger partial charge < -0.3 is 14.6 Å². The molecule has 8 nitrogen and oxygen atoms in total. The van der Waals surface area contributed by atoms with E-state index in [1.54, 1.807) is 54.6 Å². The van der Waals surface area contributed by atoms with Crippen LogP contribution in [-0.2, 0) is 16.2 Å². The van der Waals surface area contributed by atoms with Gasteiger partial charge in [0.1, 0.15) is 17.9 Å². The van der Waals surface area contributed by atoms with Crippen molar-refractivity contribution in [3.63, 3.8) is 0 Å². The van der Waals surface area contributed by atoms with Crippen molar-refractivity contribution in [1.82, 2.24) is 5.32 Å². The van der Waals surface area contributed by atoms with Gasteiger partial charge in [-0.2, -0.15) is 0 Å². The smallest absolute Gasteiger partial charge is 0.335 e. The Morgan fingerprint density at radius 2 is 1.74 bits per heavy atom. The third-order valence-corrected chi connectivity index (χ3v) is 5.12. The van der Waals surface area contributed by atoms with Crippen LogP contribution < -0.4 is 20.1 Å². The van der Waals surface area contributed by atoms with Crippen molar-refractivity contribution in [2.75, 3.05) is 4.90 Å². The summed E-state index contributed by atoms with van der Waals surface area (Å²) in [5.74, 6) is -2.24. The Hall–Kier alpha value is -4.72. The first-order valence-electron chi connectivity index (χ1n) is 10.3. The Morgan fingerprint density at radius 1 is 1.00 bits per heavy atom. The molecule has 8 heteroatoms. The van der Waals surface area contributed by atoms with E-state index in [-0.39, 0.29) is 17.7 Å². The van der Waals surface area contributed by atoms with Crippen LogP contribution in [0.1, 0.15) is 27.0 Å². The largest absolute Gasteiger partial charge is 0.545 e. The zero-order valence-corrected chi connectivity index (χ0v) is 18.1. The quantitative estimate of drug-likeness (QED) is 0.451. The SMILES string of the molecule is Cc1cccc(N2C(=O)NC(=O)/C(=C\c3ccc(OCc4cccc(C(=O)[O-])c4)cc3)C2=O)c1. The third-order valence-electron chi connectivity index (χ3n) is 5.12. The molecule has 0 spiro atoms. The maximum Gasteiger partial charge on any atom is 0.335 e. The number of carbonyl (C=O) groups excluding carboxylic acids is 4. The number of barbiturate groups is 1. The first-order chi connectivity index (χ1) is 16.3. The number of aromatic carboxylic acids is 1. The predicted octanol–water partition coefficient (Wildman–Crippen LogP) is 2.60. The van der Waals surface area contributed by atoms with Gasteiger partial charge in [-0.05, 0) is 65.6 Å². The van der Waals surface area contributed by atoms with Crippen LogP contribution in [0.15, 0.2) is 78.4 Å². The monoisotopic (exact) mass is 455 g/mol. The first kappa shape index (κ1) is 22.5. The lowest BCUT2D eigenvalue weighted by atomic mass is 10.1. The van der Waals surface area contributed by atoms with Crippen LogP contribution in [0, 0.1) is 6.92 Å². The van der Waals surface area contributed by atoms with Gasteiger partial charge in [0.05, 0.1) is 11.7 Å². The highest BCUT2D eigenvalue weighted by Crippen LogP contribution is 2.23. The van der Waals surface area contributed by atoms with Crippen molar-refractivity contribution in [2.24, 2.45) is 0 Å². The van der Waals surface area contributed by atoms with Crippen LogP contribution in [-0.4, -0.2) is 23.8 Å². The second-order valence-corrected chi connectivity index (χ2v) is 7.64. The second kappa shape index (κ2) is 9.41. The van der Waals surface area contributed by atoms with Gasteiger partial charge in [-0.25, -0.2) is 9.69 Å². The molecule has 0 saturated carbocycles. The van der Waals surface area contributed by atoms with E-state index in [0.717, 1.165) is 10.5 Å². The lowest BCUT2D eigenvalue weighted by molar-refractivity contribution is -0.255. The molecule has 0 aromatic heterocycles. The molecule has 0 bridgehead atoms. The van der Waals surface area contributed by atoms with Gasteiger partial charge in [-0.3, -0.25) is 14.9 Å². The van der Waals surface area contributed by atoms with Crippen molar-refractivity contribution >= 4 is 35.6 Å². The van der Waals surface area contributed by atoms with Crippen LogP contribution in [0.5, 0.6) is 5.75 Å². The lowest BCUT2D eigenvalue weighted by Gasteiger charge is -2.26. The highest BCUT2D eigenvalue weighted by Gasteiger charge is 2.36. The average Bonchev–Trinajstić information content (AvgIpc) is 2.81. The summed E-state index contributed by atoms with van der Waals surface area (Å²) in [6.07, 6.45) is 1.40. The summed E-state index contributed by atoms with van der Waals surface area (Å²) in [7, 11) is 0. The van der Waals surface area contributed by atoms with Crippen LogP contribution in [0.25, 0.3) is 6.08 Å². The second-order valence-electron chi connectivity index (χ2n) is 7.64.